The van der Waals surface area contributed by atoms with E-state index in [1.54, 1.807) is 0 Å². The average Bonchev–Trinajstić information content (AvgIpc) is 3.85. The van der Waals surface area contributed by atoms with Gasteiger partial charge in [-0.05, 0) is 79.6 Å². The SMILES string of the molecule is CC(C)(C)c1cc(-c2ccc3c(c2)C(c2ccccc2)(c2ccccc2)c2ccccc2-3)cc2c1oc1c(C(C)(C)C)ccc(-c3nc(-c4ccccc4)nc(-c4ccccc4)n3)c12. The molecule has 10 aromatic rings. The smallest absolute Gasteiger partial charge is 0.164 e. The van der Waals surface area contributed by atoms with Gasteiger partial charge in [0.1, 0.15) is 11.2 Å². The van der Waals surface area contributed by atoms with Crippen molar-refractivity contribution in [1.29, 1.82) is 0 Å². The molecule has 2 heterocycles. The summed E-state index contributed by atoms with van der Waals surface area (Å²) in [7, 11) is 0. The molecule has 0 atom stereocenters. The number of hydrogen-bond acceptors (Lipinski definition) is 4. The first-order valence-electron chi connectivity index (χ1n) is 22.3. The Morgan fingerprint density at radius 3 is 1.45 bits per heavy atom. The molecule has 4 nitrogen and oxygen atoms in total. The highest BCUT2D eigenvalue weighted by Crippen LogP contribution is 2.57. The van der Waals surface area contributed by atoms with Gasteiger partial charge in [0.15, 0.2) is 17.5 Å². The third kappa shape index (κ3) is 6.31. The van der Waals surface area contributed by atoms with E-state index in [2.05, 4.69) is 193 Å². The molecule has 11 rings (SSSR count). The predicted molar refractivity (Wildman–Crippen MR) is 264 cm³/mol. The van der Waals surface area contributed by atoms with Gasteiger partial charge in [-0.25, -0.2) is 15.0 Å². The maximum atomic E-state index is 7.24. The van der Waals surface area contributed by atoms with Crippen LogP contribution in [0, 0.1) is 0 Å². The van der Waals surface area contributed by atoms with Gasteiger partial charge in [-0.3, -0.25) is 0 Å². The summed E-state index contributed by atoms with van der Waals surface area (Å²) in [6, 6.07) is 67.6. The molecule has 310 valence electrons. The molecule has 0 amide bonds. The van der Waals surface area contributed by atoms with Crippen LogP contribution in [0.3, 0.4) is 0 Å². The standard InChI is InChI=1S/C60H49N3O/c1-58(2,3)49-34-33-46(57-62-55(38-21-11-7-12-22-38)61-56(63-57)39-23-13-8-14-24-39)52-47-35-41(37-51(59(4,5)6)53(47)64-54(49)52)40-31-32-45-44-29-19-20-30-48(44)60(50(45)36-40,42-25-15-9-16-26-42)43-27-17-10-18-28-43/h7-37H,1-6H3. The molecule has 1 aliphatic rings. The first kappa shape index (κ1) is 39.4. The van der Waals surface area contributed by atoms with Crippen LogP contribution in [0.5, 0.6) is 0 Å². The zero-order valence-electron chi connectivity index (χ0n) is 37.1. The minimum Gasteiger partial charge on any atom is -0.455 e. The Bertz CT molecular complexity index is 3280. The summed E-state index contributed by atoms with van der Waals surface area (Å²) in [6.45, 7) is 13.6. The summed E-state index contributed by atoms with van der Waals surface area (Å²) in [4.78, 5) is 15.5. The van der Waals surface area contributed by atoms with E-state index < -0.39 is 5.41 Å². The highest BCUT2D eigenvalue weighted by molar-refractivity contribution is 6.15. The average molecular weight is 828 g/mol. The van der Waals surface area contributed by atoms with Gasteiger partial charge in [0.2, 0.25) is 0 Å². The molecule has 1 aliphatic carbocycles. The Morgan fingerprint density at radius 2 is 0.875 bits per heavy atom. The molecule has 8 aromatic carbocycles. The van der Waals surface area contributed by atoms with E-state index in [4.69, 9.17) is 19.4 Å². The maximum Gasteiger partial charge on any atom is 0.164 e. The zero-order valence-corrected chi connectivity index (χ0v) is 37.1. The summed E-state index contributed by atoms with van der Waals surface area (Å²) in [5.74, 6) is 1.86. The third-order valence-electron chi connectivity index (χ3n) is 13.1. The zero-order chi connectivity index (χ0) is 43.8. The molecule has 64 heavy (non-hydrogen) atoms. The van der Waals surface area contributed by atoms with Crippen LogP contribution in [-0.2, 0) is 16.2 Å². The van der Waals surface area contributed by atoms with Gasteiger partial charge >= 0.3 is 0 Å². The molecule has 2 aromatic heterocycles. The van der Waals surface area contributed by atoms with Gasteiger partial charge in [-0.1, -0.05) is 205 Å². The van der Waals surface area contributed by atoms with Crippen LogP contribution in [0.25, 0.3) is 78.4 Å². The fraction of sp³-hybridized carbons (Fsp3) is 0.150. The lowest BCUT2D eigenvalue weighted by Gasteiger charge is -2.34. The Hall–Kier alpha value is -7.43. The van der Waals surface area contributed by atoms with Gasteiger partial charge in [-0.15, -0.1) is 0 Å². The predicted octanol–water partition coefficient (Wildman–Crippen LogP) is 15.4. The fourth-order valence-electron chi connectivity index (χ4n) is 10.0. The van der Waals surface area contributed by atoms with Crippen molar-refractivity contribution in [2.24, 2.45) is 0 Å². The van der Waals surface area contributed by atoms with Crippen molar-refractivity contribution >= 4 is 21.9 Å². The maximum absolute atomic E-state index is 7.24. The molecule has 0 radical (unpaired) electrons. The molecule has 0 spiro atoms. The molecule has 0 saturated heterocycles. The van der Waals surface area contributed by atoms with E-state index in [9.17, 15) is 0 Å². The third-order valence-corrected chi connectivity index (χ3v) is 13.1. The van der Waals surface area contributed by atoms with E-state index in [1.807, 2.05) is 36.4 Å². The number of aromatic nitrogens is 3. The summed E-state index contributed by atoms with van der Waals surface area (Å²) < 4.78 is 7.24. The molecular weight excluding hydrogens is 779 g/mol. The lowest BCUT2D eigenvalue weighted by atomic mass is 9.67. The Morgan fingerprint density at radius 1 is 0.375 bits per heavy atom. The van der Waals surface area contributed by atoms with E-state index in [0.717, 1.165) is 60.9 Å². The van der Waals surface area contributed by atoms with E-state index in [-0.39, 0.29) is 10.8 Å². The van der Waals surface area contributed by atoms with Crippen molar-refractivity contribution < 1.29 is 4.42 Å². The van der Waals surface area contributed by atoms with Crippen LogP contribution in [-0.4, -0.2) is 15.0 Å². The number of fused-ring (bicyclic) bond motifs is 6. The second-order valence-electron chi connectivity index (χ2n) is 19.2. The Kier molecular flexibility index (Phi) is 9.15. The van der Waals surface area contributed by atoms with Gasteiger partial charge in [-0.2, -0.15) is 0 Å². The normalized spacial score (nSPS) is 13.3. The second-order valence-corrected chi connectivity index (χ2v) is 19.2. The number of hydrogen-bond donors (Lipinski definition) is 0. The molecule has 0 unspecified atom stereocenters. The van der Waals surface area contributed by atoms with Crippen LogP contribution in [0.15, 0.2) is 192 Å². The van der Waals surface area contributed by atoms with Crippen molar-refractivity contribution in [3.05, 3.63) is 221 Å². The highest BCUT2D eigenvalue weighted by atomic mass is 16.3. The second kappa shape index (κ2) is 14.8. The molecule has 0 aliphatic heterocycles. The van der Waals surface area contributed by atoms with Crippen LogP contribution in [0.4, 0.5) is 0 Å². The van der Waals surface area contributed by atoms with Crippen LogP contribution in [0.1, 0.15) is 74.9 Å². The van der Waals surface area contributed by atoms with Crippen LogP contribution >= 0.6 is 0 Å². The highest BCUT2D eigenvalue weighted by Gasteiger charge is 2.46. The fourth-order valence-corrected chi connectivity index (χ4v) is 10.0. The number of furan rings is 1. The number of nitrogens with zero attached hydrogens (tertiary/aromatic N) is 3. The van der Waals surface area contributed by atoms with E-state index in [0.29, 0.717) is 17.5 Å². The summed E-state index contributed by atoms with van der Waals surface area (Å²) in [5, 5.41) is 2.05. The first-order chi connectivity index (χ1) is 31.0. The topological polar surface area (TPSA) is 51.8 Å². The van der Waals surface area contributed by atoms with Crippen molar-refractivity contribution in [3.8, 4) is 56.4 Å². The number of benzene rings is 8. The van der Waals surface area contributed by atoms with Crippen molar-refractivity contribution in [2.75, 3.05) is 0 Å². The van der Waals surface area contributed by atoms with Gasteiger partial charge in [0, 0.05) is 38.6 Å². The lowest BCUT2D eigenvalue weighted by molar-refractivity contribution is 0.557. The summed E-state index contributed by atoms with van der Waals surface area (Å²) in [5.41, 5.74) is 15.7. The van der Waals surface area contributed by atoms with Crippen molar-refractivity contribution in [2.45, 2.75) is 57.8 Å². The molecular formula is C60H49N3O. The summed E-state index contributed by atoms with van der Waals surface area (Å²) in [6.07, 6.45) is 0. The number of rotatable bonds is 6. The first-order valence-corrected chi connectivity index (χ1v) is 22.3. The monoisotopic (exact) mass is 827 g/mol. The summed E-state index contributed by atoms with van der Waals surface area (Å²) >= 11 is 0. The molecule has 4 heteroatoms. The molecule has 0 N–H and O–H groups in total. The Balaban J connectivity index is 1.21. The minimum absolute atomic E-state index is 0.202. The van der Waals surface area contributed by atoms with Gasteiger partial charge < -0.3 is 4.42 Å². The van der Waals surface area contributed by atoms with Crippen molar-refractivity contribution in [1.82, 2.24) is 15.0 Å². The lowest BCUT2D eigenvalue weighted by Crippen LogP contribution is -2.28. The molecule has 0 fully saturated rings. The quantitative estimate of drug-likeness (QED) is 0.168. The largest absolute Gasteiger partial charge is 0.455 e. The van der Waals surface area contributed by atoms with Crippen LogP contribution < -0.4 is 0 Å². The van der Waals surface area contributed by atoms with E-state index >= 15 is 0 Å². The van der Waals surface area contributed by atoms with E-state index in [1.165, 1.54) is 33.4 Å². The van der Waals surface area contributed by atoms with Crippen LogP contribution in [0.2, 0.25) is 0 Å². The molecule has 0 saturated carbocycles. The van der Waals surface area contributed by atoms with Gasteiger partial charge in [0.25, 0.3) is 0 Å². The van der Waals surface area contributed by atoms with Gasteiger partial charge in [0.05, 0.1) is 5.41 Å². The van der Waals surface area contributed by atoms with Crippen molar-refractivity contribution in [3.63, 3.8) is 0 Å². The Labute approximate surface area is 375 Å². The minimum atomic E-state index is -0.510. The molecule has 0 bridgehead atoms.